The van der Waals surface area contributed by atoms with Crippen molar-refractivity contribution in [2.24, 2.45) is 0 Å². The number of rotatable bonds is 3. The molecule has 0 aliphatic carbocycles. The molecule has 5 nitrogen and oxygen atoms in total. The van der Waals surface area contributed by atoms with Gasteiger partial charge in [0.25, 0.3) is 0 Å². The van der Waals surface area contributed by atoms with E-state index < -0.39 is 0 Å². The van der Waals surface area contributed by atoms with Gasteiger partial charge in [0.15, 0.2) is 5.82 Å². The molecule has 1 aliphatic rings. The summed E-state index contributed by atoms with van der Waals surface area (Å²) >= 11 is 6.39. The summed E-state index contributed by atoms with van der Waals surface area (Å²) in [7, 11) is 2.02. The van der Waals surface area contributed by atoms with Gasteiger partial charge in [-0.3, -0.25) is 0 Å². The van der Waals surface area contributed by atoms with Crippen LogP contribution in [0, 0.1) is 6.92 Å². The molecule has 0 atom stereocenters. The van der Waals surface area contributed by atoms with Crippen LogP contribution < -0.4 is 16.0 Å². The van der Waals surface area contributed by atoms with Crippen molar-refractivity contribution in [3.63, 3.8) is 0 Å². The molecular formula is C18H24ClN5. The molecule has 1 fully saturated rings. The number of nitrogens with zero attached hydrogens (tertiary/aromatic N) is 3. The fraction of sp³-hybridized carbons (Fsp3) is 0.444. The minimum atomic E-state index is 0.199. The number of halogens is 1. The van der Waals surface area contributed by atoms with E-state index >= 15 is 0 Å². The number of nitrogen functional groups attached to an aromatic ring is 1. The molecule has 1 aromatic carbocycles. The Balaban J connectivity index is 1.85. The smallest absolute Gasteiger partial charge is 0.152 e. The molecule has 0 saturated carbocycles. The van der Waals surface area contributed by atoms with Gasteiger partial charge in [-0.15, -0.1) is 0 Å². The van der Waals surface area contributed by atoms with Crippen molar-refractivity contribution in [1.29, 1.82) is 0 Å². The average Bonchev–Trinajstić information content (AvgIpc) is 2.58. The Bertz CT molecular complexity index is 738. The Morgan fingerprint density at radius 2 is 2.00 bits per heavy atom. The van der Waals surface area contributed by atoms with Gasteiger partial charge in [0.1, 0.15) is 11.5 Å². The maximum Gasteiger partial charge on any atom is 0.152 e. The largest absolute Gasteiger partial charge is 0.382 e. The van der Waals surface area contributed by atoms with E-state index in [0.29, 0.717) is 16.5 Å². The van der Waals surface area contributed by atoms with E-state index in [-0.39, 0.29) is 5.54 Å². The normalized spacial score (nSPS) is 17.1. The van der Waals surface area contributed by atoms with Crippen LogP contribution in [0.3, 0.4) is 0 Å². The van der Waals surface area contributed by atoms with Crippen molar-refractivity contribution in [2.45, 2.75) is 32.2 Å². The standard InChI is InChI=1S/C18H24ClN5/c1-12-5-4-6-13(15(12)19)16-17(20)23-14(11-22-16)24-9-7-18(2,21-3)8-10-24/h4-6,11,21H,7-10H2,1-3H3,(H2,20,23). The van der Waals surface area contributed by atoms with Crippen molar-refractivity contribution < 1.29 is 0 Å². The molecule has 3 rings (SSSR count). The van der Waals surface area contributed by atoms with Crippen molar-refractivity contribution >= 4 is 23.2 Å². The average molecular weight is 346 g/mol. The number of aromatic nitrogens is 2. The molecule has 128 valence electrons. The predicted molar refractivity (Wildman–Crippen MR) is 101 cm³/mol. The third-order valence-corrected chi connectivity index (χ3v) is 5.53. The Morgan fingerprint density at radius 3 is 2.62 bits per heavy atom. The van der Waals surface area contributed by atoms with Gasteiger partial charge in [-0.1, -0.05) is 29.8 Å². The lowest BCUT2D eigenvalue weighted by molar-refractivity contribution is 0.304. The fourth-order valence-corrected chi connectivity index (χ4v) is 3.28. The highest BCUT2D eigenvalue weighted by atomic mass is 35.5. The Kier molecular flexibility index (Phi) is 4.65. The number of benzene rings is 1. The van der Waals surface area contributed by atoms with Crippen molar-refractivity contribution in [1.82, 2.24) is 15.3 Å². The highest BCUT2D eigenvalue weighted by molar-refractivity contribution is 6.34. The van der Waals surface area contributed by atoms with Gasteiger partial charge in [0, 0.05) is 24.2 Å². The van der Waals surface area contributed by atoms with Crippen LogP contribution >= 0.6 is 11.6 Å². The second kappa shape index (κ2) is 6.57. The zero-order valence-electron chi connectivity index (χ0n) is 14.4. The Labute approximate surface area is 148 Å². The number of anilines is 2. The summed E-state index contributed by atoms with van der Waals surface area (Å²) in [5.41, 5.74) is 8.86. The molecule has 1 aromatic heterocycles. The Hall–Kier alpha value is -1.85. The maximum atomic E-state index is 6.39. The van der Waals surface area contributed by atoms with Gasteiger partial charge in [-0.05, 0) is 39.3 Å². The summed E-state index contributed by atoms with van der Waals surface area (Å²) in [6.07, 6.45) is 3.93. The van der Waals surface area contributed by atoms with Gasteiger partial charge >= 0.3 is 0 Å². The number of hydrogen-bond acceptors (Lipinski definition) is 5. The SMILES string of the molecule is CNC1(C)CCN(c2cnc(-c3cccc(C)c3Cl)c(N)n2)CC1. The van der Waals surface area contributed by atoms with E-state index in [1.54, 1.807) is 6.20 Å². The number of aryl methyl sites for hydroxylation is 1. The van der Waals surface area contributed by atoms with E-state index in [4.69, 9.17) is 17.3 Å². The van der Waals surface area contributed by atoms with Crippen LogP contribution in [0.15, 0.2) is 24.4 Å². The minimum absolute atomic E-state index is 0.199. The zero-order chi connectivity index (χ0) is 17.3. The van der Waals surface area contributed by atoms with Crippen molar-refractivity contribution in [3.8, 4) is 11.3 Å². The molecule has 0 radical (unpaired) electrons. The predicted octanol–water partition coefficient (Wildman–Crippen LogP) is 3.27. The molecule has 0 amide bonds. The summed E-state index contributed by atoms with van der Waals surface area (Å²) < 4.78 is 0. The van der Waals surface area contributed by atoms with Gasteiger partial charge in [-0.2, -0.15) is 0 Å². The number of nitrogens with two attached hydrogens (primary N) is 1. The van der Waals surface area contributed by atoms with Crippen LogP contribution in [0.4, 0.5) is 11.6 Å². The third kappa shape index (κ3) is 3.19. The van der Waals surface area contributed by atoms with Gasteiger partial charge < -0.3 is 16.0 Å². The van der Waals surface area contributed by atoms with E-state index in [9.17, 15) is 0 Å². The first-order chi connectivity index (χ1) is 11.4. The summed E-state index contributed by atoms with van der Waals surface area (Å²) in [4.78, 5) is 11.4. The molecule has 1 aliphatic heterocycles. The number of piperidine rings is 1. The number of hydrogen-bond donors (Lipinski definition) is 2. The quantitative estimate of drug-likeness (QED) is 0.893. The maximum absolute atomic E-state index is 6.39. The van der Waals surface area contributed by atoms with Crippen LogP contribution in [-0.4, -0.2) is 35.6 Å². The second-order valence-corrected chi connectivity index (χ2v) is 7.07. The highest BCUT2D eigenvalue weighted by Crippen LogP contribution is 2.33. The topological polar surface area (TPSA) is 67.1 Å². The lowest BCUT2D eigenvalue weighted by Crippen LogP contribution is -2.50. The van der Waals surface area contributed by atoms with Gasteiger partial charge in [0.05, 0.1) is 11.2 Å². The Morgan fingerprint density at radius 1 is 1.29 bits per heavy atom. The first-order valence-electron chi connectivity index (χ1n) is 8.25. The van der Waals surface area contributed by atoms with E-state index in [0.717, 1.165) is 42.9 Å². The molecule has 0 unspecified atom stereocenters. The second-order valence-electron chi connectivity index (χ2n) is 6.70. The minimum Gasteiger partial charge on any atom is -0.382 e. The van der Waals surface area contributed by atoms with Crippen LogP contribution in [0.25, 0.3) is 11.3 Å². The molecule has 24 heavy (non-hydrogen) atoms. The number of nitrogens with one attached hydrogen (secondary N) is 1. The van der Waals surface area contributed by atoms with Crippen molar-refractivity contribution in [3.05, 3.63) is 35.0 Å². The molecule has 0 bridgehead atoms. The van der Waals surface area contributed by atoms with Gasteiger partial charge in [0.2, 0.25) is 0 Å². The summed E-state index contributed by atoms with van der Waals surface area (Å²) in [5, 5.41) is 4.08. The van der Waals surface area contributed by atoms with Crippen LogP contribution in [0.5, 0.6) is 0 Å². The zero-order valence-corrected chi connectivity index (χ0v) is 15.2. The fourth-order valence-electron chi connectivity index (χ4n) is 3.06. The molecule has 1 saturated heterocycles. The molecule has 2 heterocycles. The monoisotopic (exact) mass is 345 g/mol. The van der Waals surface area contributed by atoms with Gasteiger partial charge in [-0.25, -0.2) is 9.97 Å². The van der Waals surface area contributed by atoms with Crippen molar-refractivity contribution in [2.75, 3.05) is 30.8 Å². The van der Waals surface area contributed by atoms with Crippen LogP contribution in [0.1, 0.15) is 25.3 Å². The third-order valence-electron chi connectivity index (χ3n) is 5.03. The van der Waals surface area contributed by atoms with Crippen LogP contribution in [0.2, 0.25) is 5.02 Å². The summed E-state index contributed by atoms with van der Waals surface area (Å²) in [6, 6.07) is 5.85. The lowest BCUT2D eigenvalue weighted by atomic mass is 9.90. The lowest BCUT2D eigenvalue weighted by Gasteiger charge is -2.39. The summed E-state index contributed by atoms with van der Waals surface area (Å²) in [5.74, 6) is 1.25. The first-order valence-corrected chi connectivity index (χ1v) is 8.63. The summed E-state index contributed by atoms with van der Waals surface area (Å²) in [6.45, 7) is 6.11. The molecule has 2 aromatic rings. The van der Waals surface area contributed by atoms with Crippen LogP contribution in [-0.2, 0) is 0 Å². The van der Waals surface area contributed by atoms with E-state index in [2.05, 4.69) is 27.1 Å². The van der Waals surface area contributed by atoms with E-state index in [1.165, 1.54) is 0 Å². The first kappa shape index (κ1) is 17.0. The molecule has 6 heteroatoms. The molecular weight excluding hydrogens is 322 g/mol. The molecule has 3 N–H and O–H groups in total. The highest BCUT2D eigenvalue weighted by Gasteiger charge is 2.29. The molecule has 0 spiro atoms. The van der Waals surface area contributed by atoms with E-state index in [1.807, 2.05) is 32.2 Å².